The second kappa shape index (κ2) is 4.59. The molecule has 102 valence electrons. The molecule has 2 heterocycles. The van der Waals surface area contributed by atoms with Crippen LogP contribution < -0.4 is 5.32 Å². The van der Waals surface area contributed by atoms with Gasteiger partial charge in [0.25, 0.3) is 0 Å². The second-order valence-electron chi connectivity index (χ2n) is 4.99. The van der Waals surface area contributed by atoms with Crippen LogP contribution in [0.1, 0.15) is 19.5 Å². The van der Waals surface area contributed by atoms with Crippen LogP contribution in [0.3, 0.4) is 0 Å². The van der Waals surface area contributed by atoms with Crippen LogP contribution in [0.25, 0.3) is 5.69 Å². The highest BCUT2D eigenvalue weighted by Crippen LogP contribution is 2.34. The van der Waals surface area contributed by atoms with Crippen LogP contribution in [0.4, 0.5) is 11.5 Å². The van der Waals surface area contributed by atoms with E-state index in [2.05, 4.69) is 15.4 Å². The molecule has 1 unspecified atom stereocenters. The van der Waals surface area contributed by atoms with E-state index < -0.39 is 0 Å². The van der Waals surface area contributed by atoms with Crippen molar-refractivity contribution in [1.82, 2.24) is 9.78 Å². The van der Waals surface area contributed by atoms with Crippen molar-refractivity contribution >= 4 is 23.1 Å². The fourth-order valence-corrected chi connectivity index (χ4v) is 2.21. The summed E-state index contributed by atoms with van der Waals surface area (Å²) in [6, 6.07) is 9.72. The van der Waals surface area contributed by atoms with Gasteiger partial charge in [-0.3, -0.25) is 9.79 Å². The van der Waals surface area contributed by atoms with Crippen LogP contribution in [0.5, 0.6) is 0 Å². The molecule has 0 saturated heterocycles. The molecular formula is C15H16N4O. The van der Waals surface area contributed by atoms with E-state index in [0.29, 0.717) is 5.82 Å². The molecule has 0 bridgehead atoms. The maximum Gasteiger partial charge on any atom is 0.234 e. The summed E-state index contributed by atoms with van der Waals surface area (Å²) < 4.78 is 1.73. The van der Waals surface area contributed by atoms with Gasteiger partial charge in [0.15, 0.2) is 5.82 Å². The monoisotopic (exact) mass is 268 g/mol. The van der Waals surface area contributed by atoms with Crippen molar-refractivity contribution in [2.24, 2.45) is 10.9 Å². The molecule has 0 radical (unpaired) electrons. The van der Waals surface area contributed by atoms with Crippen LogP contribution in [0.2, 0.25) is 0 Å². The van der Waals surface area contributed by atoms with E-state index in [9.17, 15) is 4.79 Å². The van der Waals surface area contributed by atoms with E-state index in [-0.39, 0.29) is 11.8 Å². The largest absolute Gasteiger partial charge is 0.308 e. The van der Waals surface area contributed by atoms with Crippen LogP contribution in [0.15, 0.2) is 35.3 Å². The Bertz CT molecular complexity index is 700. The van der Waals surface area contributed by atoms with Crippen molar-refractivity contribution in [3.05, 3.63) is 36.0 Å². The minimum atomic E-state index is -0.231. The predicted octanol–water partition coefficient (Wildman–Crippen LogP) is 2.86. The average Bonchev–Trinajstić information content (AvgIpc) is 2.70. The van der Waals surface area contributed by atoms with Gasteiger partial charge in [-0.1, -0.05) is 18.2 Å². The van der Waals surface area contributed by atoms with E-state index in [0.717, 1.165) is 22.8 Å². The van der Waals surface area contributed by atoms with Gasteiger partial charge < -0.3 is 5.32 Å². The summed E-state index contributed by atoms with van der Waals surface area (Å²) in [6.45, 7) is 5.63. The molecule has 0 aliphatic carbocycles. The Kier molecular flexibility index (Phi) is 2.89. The Hall–Kier alpha value is -2.43. The summed E-state index contributed by atoms with van der Waals surface area (Å²) in [6.07, 6.45) is 0. The van der Waals surface area contributed by atoms with Crippen LogP contribution in [-0.2, 0) is 4.79 Å². The number of hydrogen-bond acceptors (Lipinski definition) is 3. The smallest absolute Gasteiger partial charge is 0.234 e. The van der Waals surface area contributed by atoms with Gasteiger partial charge >= 0.3 is 0 Å². The van der Waals surface area contributed by atoms with Crippen LogP contribution >= 0.6 is 0 Å². The van der Waals surface area contributed by atoms with Crippen molar-refractivity contribution in [3.63, 3.8) is 0 Å². The summed E-state index contributed by atoms with van der Waals surface area (Å²) >= 11 is 0. The number of aromatic nitrogens is 2. The van der Waals surface area contributed by atoms with Crippen LogP contribution in [0, 0.1) is 12.8 Å². The first-order valence-corrected chi connectivity index (χ1v) is 6.59. The molecular weight excluding hydrogens is 252 g/mol. The summed E-state index contributed by atoms with van der Waals surface area (Å²) in [5.74, 6) is 0.357. The molecule has 1 atom stereocenters. The second-order valence-corrected chi connectivity index (χ2v) is 4.99. The van der Waals surface area contributed by atoms with E-state index in [1.54, 1.807) is 4.68 Å². The van der Waals surface area contributed by atoms with Gasteiger partial charge in [0.2, 0.25) is 5.91 Å². The number of benzene rings is 1. The van der Waals surface area contributed by atoms with E-state index in [1.165, 1.54) is 0 Å². The zero-order chi connectivity index (χ0) is 14.3. The van der Waals surface area contributed by atoms with Gasteiger partial charge in [0.05, 0.1) is 17.3 Å². The van der Waals surface area contributed by atoms with Crippen molar-refractivity contribution in [2.45, 2.75) is 20.8 Å². The number of nitrogens with zero attached hydrogens (tertiary/aromatic N) is 3. The van der Waals surface area contributed by atoms with Crippen LogP contribution in [-0.4, -0.2) is 21.4 Å². The summed E-state index contributed by atoms with van der Waals surface area (Å²) in [5, 5.41) is 7.43. The first-order chi connectivity index (χ1) is 9.58. The standard InChI is InChI=1S/C15H16N4O/c1-9-10(2)16-13-11(3)18-19(14(13)17-15(9)20)12-7-5-4-6-8-12/h4-9H,1-3H3,(H,17,20). The maximum atomic E-state index is 12.1. The first kappa shape index (κ1) is 12.6. The van der Waals surface area contributed by atoms with E-state index in [1.807, 2.05) is 51.1 Å². The Morgan fingerprint density at radius 2 is 1.90 bits per heavy atom. The molecule has 1 amide bonds. The van der Waals surface area contributed by atoms with Gasteiger partial charge in [-0.15, -0.1) is 0 Å². The molecule has 1 aliphatic rings. The molecule has 5 heteroatoms. The number of hydrogen-bond donors (Lipinski definition) is 1. The number of nitrogens with one attached hydrogen (secondary N) is 1. The highest BCUT2D eigenvalue weighted by molar-refractivity contribution is 6.11. The number of amides is 1. The molecule has 1 aromatic carbocycles. The quantitative estimate of drug-likeness (QED) is 0.864. The highest BCUT2D eigenvalue weighted by Gasteiger charge is 2.26. The molecule has 1 aliphatic heterocycles. The lowest BCUT2D eigenvalue weighted by Crippen LogP contribution is -2.25. The molecule has 1 aromatic heterocycles. The normalized spacial score (nSPS) is 18.1. The molecule has 1 N–H and O–H groups in total. The third kappa shape index (κ3) is 1.91. The number of carbonyl (C=O) groups is 1. The lowest BCUT2D eigenvalue weighted by molar-refractivity contribution is -0.117. The molecule has 3 rings (SSSR count). The number of rotatable bonds is 1. The minimum absolute atomic E-state index is 0.0536. The van der Waals surface area contributed by atoms with Gasteiger partial charge in [0, 0.05) is 5.71 Å². The van der Waals surface area contributed by atoms with E-state index >= 15 is 0 Å². The molecule has 2 aromatic rings. The molecule has 0 fully saturated rings. The maximum absolute atomic E-state index is 12.1. The molecule has 20 heavy (non-hydrogen) atoms. The summed E-state index contributed by atoms with van der Waals surface area (Å²) in [7, 11) is 0. The van der Waals surface area contributed by atoms with Gasteiger partial charge in [-0.05, 0) is 32.9 Å². The highest BCUT2D eigenvalue weighted by atomic mass is 16.2. The number of carbonyl (C=O) groups excluding carboxylic acids is 1. The van der Waals surface area contributed by atoms with E-state index in [4.69, 9.17) is 0 Å². The third-order valence-corrected chi connectivity index (χ3v) is 3.58. The Balaban J connectivity index is 2.20. The summed E-state index contributed by atoms with van der Waals surface area (Å²) in [5.41, 5.74) is 3.25. The average molecular weight is 268 g/mol. The number of aryl methyl sites for hydroxylation is 1. The predicted molar refractivity (Wildman–Crippen MR) is 78.9 cm³/mol. The van der Waals surface area contributed by atoms with Gasteiger partial charge in [-0.2, -0.15) is 5.10 Å². The first-order valence-electron chi connectivity index (χ1n) is 6.59. The lowest BCUT2D eigenvalue weighted by atomic mass is 10.1. The van der Waals surface area contributed by atoms with Gasteiger partial charge in [0.1, 0.15) is 5.69 Å². The molecule has 0 saturated carbocycles. The topological polar surface area (TPSA) is 59.3 Å². The summed E-state index contributed by atoms with van der Waals surface area (Å²) in [4.78, 5) is 16.7. The van der Waals surface area contributed by atoms with Crippen molar-refractivity contribution < 1.29 is 4.79 Å². The number of para-hydroxylation sites is 1. The SMILES string of the molecule is CC1=Nc2c(C)nn(-c3ccccc3)c2NC(=O)C1C. The van der Waals surface area contributed by atoms with Gasteiger partial charge in [-0.25, -0.2) is 4.68 Å². The number of anilines is 1. The van der Waals surface area contributed by atoms with Crippen molar-refractivity contribution in [3.8, 4) is 5.69 Å². The zero-order valence-electron chi connectivity index (χ0n) is 11.7. The van der Waals surface area contributed by atoms with Crippen molar-refractivity contribution in [2.75, 3.05) is 5.32 Å². The third-order valence-electron chi connectivity index (χ3n) is 3.58. The zero-order valence-corrected chi connectivity index (χ0v) is 11.7. The Morgan fingerprint density at radius 3 is 2.60 bits per heavy atom. The Labute approximate surface area is 117 Å². The fraction of sp³-hybridized carbons (Fsp3) is 0.267. The number of fused-ring (bicyclic) bond motifs is 1. The number of aliphatic imine (C=N–C) groups is 1. The fourth-order valence-electron chi connectivity index (χ4n) is 2.21. The molecule has 5 nitrogen and oxygen atoms in total. The van der Waals surface area contributed by atoms with Crippen molar-refractivity contribution in [1.29, 1.82) is 0 Å². The Morgan fingerprint density at radius 1 is 1.20 bits per heavy atom. The lowest BCUT2D eigenvalue weighted by Gasteiger charge is -2.10. The minimum Gasteiger partial charge on any atom is -0.308 e. The molecule has 0 spiro atoms.